The van der Waals surface area contributed by atoms with Crippen molar-refractivity contribution in [2.45, 2.75) is 17.4 Å². The number of nitrogens with zero attached hydrogens (tertiary/aromatic N) is 3. The monoisotopic (exact) mass is 350 g/mol. The van der Waals surface area contributed by atoms with E-state index >= 15 is 0 Å². The first-order chi connectivity index (χ1) is 11.2. The Morgan fingerprint density at radius 1 is 1.39 bits per heavy atom. The Kier molecular flexibility index (Phi) is 5.47. The molecule has 1 aliphatic heterocycles. The lowest BCUT2D eigenvalue weighted by Crippen LogP contribution is -2.55. The highest BCUT2D eigenvalue weighted by Crippen LogP contribution is 2.25. The Labute approximate surface area is 143 Å². The average molecular weight is 350 g/mol. The molecule has 1 fully saturated rings. The largest absolute Gasteiger partial charge is 0.488 e. The first-order valence-corrected chi connectivity index (χ1v) is 9.23. The smallest absolute Gasteiger partial charge is 0.240 e. The molecule has 0 atom stereocenters. The third kappa shape index (κ3) is 4.66. The molecule has 6 nitrogen and oxygen atoms in total. The Morgan fingerprint density at radius 2 is 2.17 bits per heavy atom. The van der Waals surface area contributed by atoms with Gasteiger partial charge in [-0.25, -0.2) is 0 Å². The van der Waals surface area contributed by atoms with Crippen molar-refractivity contribution in [2.24, 2.45) is 0 Å². The number of amides is 1. The summed E-state index contributed by atoms with van der Waals surface area (Å²) in [5, 5.41) is 11.3. The molecule has 0 unspecified atom stereocenters. The summed E-state index contributed by atoms with van der Waals surface area (Å²) >= 11 is 3.03. The highest BCUT2D eigenvalue weighted by molar-refractivity contribution is 8.01. The molecule has 2 aromatic rings. The van der Waals surface area contributed by atoms with Gasteiger partial charge in [-0.1, -0.05) is 48.2 Å². The fraction of sp³-hybridized carbons (Fsp3) is 0.400. The van der Waals surface area contributed by atoms with Gasteiger partial charge in [0.05, 0.1) is 6.54 Å². The van der Waals surface area contributed by atoms with E-state index in [9.17, 15) is 4.79 Å². The van der Waals surface area contributed by atoms with E-state index in [1.807, 2.05) is 35.2 Å². The van der Waals surface area contributed by atoms with E-state index in [-0.39, 0.29) is 12.0 Å². The van der Waals surface area contributed by atoms with Crippen molar-refractivity contribution in [3.63, 3.8) is 0 Å². The van der Waals surface area contributed by atoms with Crippen molar-refractivity contribution >= 4 is 34.1 Å². The maximum Gasteiger partial charge on any atom is 0.240 e. The first-order valence-electron chi connectivity index (χ1n) is 7.43. The Bertz CT molecular complexity index is 644. The van der Waals surface area contributed by atoms with Gasteiger partial charge >= 0.3 is 0 Å². The summed E-state index contributed by atoms with van der Waals surface area (Å²) in [5.41, 5.74) is 0. The molecule has 3 rings (SSSR count). The van der Waals surface area contributed by atoms with Gasteiger partial charge in [-0.15, -0.1) is 10.2 Å². The van der Waals surface area contributed by atoms with Crippen molar-refractivity contribution in [3.8, 4) is 5.75 Å². The highest BCUT2D eigenvalue weighted by atomic mass is 32.2. The molecule has 2 heterocycles. The number of carbonyl (C=O) groups is 1. The number of nitrogens with one attached hydrogen (secondary N) is 1. The summed E-state index contributed by atoms with van der Waals surface area (Å²) in [6.07, 6.45) is 0.152. The first kappa shape index (κ1) is 16.2. The Morgan fingerprint density at radius 3 is 2.91 bits per heavy atom. The number of para-hydroxylation sites is 1. The van der Waals surface area contributed by atoms with Crippen LogP contribution >= 0.6 is 23.1 Å². The predicted molar refractivity (Wildman–Crippen MR) is 92.2 cm³/mol. The highest BCUT2D eigenvalue weighted by Gasteiger charge is 2.29. The molecule has 1 N–H and O–H groups in total. The van der Waals surface area contributed by atoms with Crippen molar-refractivity contribution in [2.75, 3.05) is 30.7 Å². The molecule has 1 saturated heterocycles. The quantitative estimate of drug-likeness (QED) is 0.611. The van der Waals surface area contributed by atoms with Crippen LogP contribution in [-0.4, -0.2) is 52.5 Å². The van der Waals surface area contributed by atoms with Gasteiger partial charge in [0.15, 0.2) is 4.34 Å². The fourth-order valence-electron chi connectivity index (χ4n) is 2.22. The van der Waals surface area contributed by atoms with Crippen LogP contribution in [0, 0.1) is 0 Å². The molecule has 0 spiro atoms. The van der Waals surface area contributed by atoms with Gasteiger partial charge in [-0.2, -0.15) is 0 Å². The number of likely N-dealkylation sites (tertiary alicyclic amines) is 1. The molecule has 1 aromatic carbocycles. The Hall–Kier alpha value is -1.64. The van der Waals surface area contributed by atoms with Crippen LogP contribution < -0.4 is 10.1 Å². The van der Waals surface area contributed by atoms with Gasteiger partial charge in [0.1, 0.15) is 11.9 Å². The lowest BCUT2D eigenvalue weighted by Gasteiger charge is -2.38. The van der Waals surface area contributed by atoms with E-state index < -0.39 is 0 Å². The molecule has 8 heteroatoms. The second kappa shape index (κ2) is 7.76. The number of anilines is 1. The van der Waals surface area contributed by atoms with Gasteiger partial charge in [0.2, 0.25) is 11.0 Å². The van der Waals surface area contributed by atoms with E-state index in [0.717, 1.165) is 28.9 Å². The van der Waals surface area contributed by atoms with Gasteiger partial charge < -0.3 is 4.74 Å². The molecule has 0 saturated carbocycles. The third-order valence-corrected chi connectivity index (χ3v) is 5.11. The van der Waals surface area contributed by atoms with Crippen LogP contribution in [0.25, 0.3) is 0 Å². The number of ether oxygens (including phenoxy) is 1. The van der Waals surface area contributed by atoms with Gasteiger partial charge in [0.25, 0.3) is 0 Å². The molecule has 1 aromatic heterocycles. The summed E-state index contributed by atoms with van der Waals surface area (Å²) in [7, 11) is 0. The van der Waals surface area contributed by atoms with Gasteiger partial charge in [-0.3, -0.25) is 15.0 Å². The topological polar surface area (TPSA) is 67.4 Å². The van der Waals surface area contributed by atoms with Crippen molar-refractivity contribution in [3.05, 3.63) is 30.3 Å². The lowest BCUT2D eigenvalue weighted by atomic mass is 10.1. The van der Waals surface area contributed by atoms with Crippen LogP contribution in [0.5, 0.6) is 5.75 Å². The molecule has 0 aliphatic carbocycles. The van der Waals surface area contributed by atoms with E-state index in [2.05, 4.69) is 22.4 Å². The zero-order chi connectivity index (χ0) is 16.1. The molecule has 23 heavy (non-hydrogen) atoms. The van der Waals surface area contributed by atoms with E-state index in [0.29, 0.717) is 11.7 Å². The molecule has 1 amide bonds. The van der Waals surface area contributed by atoms with Crippen LogP contribution in [0.2, 0.25) is 0 Å². The summed E-state index contributed by atoms with van der Waals surface area (Å²) in [4.78, 5) is 14.0. The van der Waals surface area contributed by atoms with Crippen molar-refractivity contribution in [1.82, 2.24) is 15.1 Å². The zero-order valence-corrected chi connectivity index (χ0v) is 14.4. The lowest BCUT2D eigenvalue weighted by molar-refractivity contribution is -0.119. The number of carbonyl (C=O) groups excluding carboxylic acids is 1. The number of thioether (sulfide) groups is 1. The van der Waals surface area contributed by atoms with E-state index in [1.165, 1.54) is 11.3 Å². The average Bonchev–Trinajstić information content (AvgIpc) is 2.93. The van der Waals surface area contributed by atoms with Crippen LogP contribution in [0.3, 0.4) is 0 Å². The van der Waals surface area contributed by atoms with E-state index in [4.69, 9.17) is 4.74 Å². The molecule has 0 radical (unpaired) electrons. The standard InChI is InChI=1S/C15H18N4O2S2/c1-2-22-15-18-17-14(23-15)16-13(20)10-19-8-12(9-19)21-11-6-4-3-5-7-11/h3-7,12H,2,8-10H2,1H3,(H,16,17,20). The molecular weight excluding hydrogens is 332 g/mol. The number of aromatic nitrogens is 2. The molecule has 1 aliphatic rings. The van der Waals surface area contributed by atoms with Gasteiger partial charge in [-0.05, 0) is 17.9 Å². The maximum absolute atomic E-state index is 12.0. The third-order valence-electron chi connectivity index (χ3n) is 3.26. The number of rotatable bonds is 7. The number of benzene rings is 1. The minimum absolute atomic E-state index is 0.0626. The number of hydrogen-bond acceptors (Lipinski definition) is 7. The summed E-state index contributed by atoms with van der Waals surface area (Å²) < 4.78 is 6.69. The molecular formula is C15H18N4O2S2. The van der Waals surface area contributed by atoms with Crippen LogP contribution in [0.4, 0.5) is 5.13 Å². The minimum atomic E-state index is -0.0626. The predicted octanol–water partition coefficient (Wildman–Crippen LogP) is 2.35. The normalized spacial score (nSPS) is 15.2. The van der Waals surface area contributed by atoms with Crippen LogP contribution in [0.15, 0.2) is 34.7 Å². The second-order valence-electron chi connectivity index (χ2n) is 5.10. The second-order valence-corrected chi connectivity index (χ2v) is 7.59. The van der Waals surface area contributed by atoms with Crippen molar-refractivity contribution in [1.29, 1.82) is 0 Å². The summed E-state index contributed by atoms with van der Waals surface area (Å²) in [5.74, 6) is 1.75. The summed E-state index contributed by atoms with van der Waals surface area (Å²) in [6.45, 7) is 3.93. The van der Waals surface area contributed by atoms with E-state index in [1.54, 1.807) is 11.8 Å². The zero-order valence-electron chi connectivity index (χ0n) is 12.8. The van der Waals surface area contributed by atoms with Crippen LogP contribution in [-0.2, 0) is 4.79 Å². The van der Waals surface area contributed by atoms with Crippen molar-refractivity contribution < 1.29 is 9.53 Å². The summed E-state index contributed by atoms with van der Waals surface area (Å²) in [6, 6.07) is 9.74. The Balaban J connectivity index is 1.38. The van der Waals surface area contributed by atoms with Crippen LogP contribution in [0.1, 0.15) is 6.92 Å². The maximum atomic E-state index is 12.0. The molecule has 0 bridgehead atoms. The SMILES string of the molecule is CCSc1nnc(NC(=O)CN2CC(Oc3ccccc3)C2)s1. The number of hydrogen-bond donors (Lipinski definition) is 1. The molecule has 122 valence electrons. The fourth-order valence-corrected chi connectivity index (χ4v) is 3.89. The van der Waals surface area contributed by atoms with Gasteiger partial charge in [0, 0.05) is 13.1 Å². The minimum Gasteiger partial charge on any atom is -0.488 e.